The zero-order valence-corrected chi connectivity index (χ0v) is 19.1. The lowest BCUT2D eigenvalue weighted by Crippen LogP contribution is -2.38. The van der Waals surface area contributed by atoms with Gasteiger partial charge in [0.1, 0.15) is 0 Å². The molecule has 0 spiro atoms. The van der Waals surface area contributed by atoms with Gasteiger partial charge in [-0.3, -0.25) is 4.79 Å². The van der Waals surface area contributed by atoms with Crippen molar-refractivity contribution in [3.63, 3.8) is 0 Å². The standard InChI is InChI=1S/C20H25N5O3S2/c1-11(2)16(15-10-9-12(3)29-15)22-19-18(23-30(28)24-19)21-14-8-6-7-13(17(14)26)20(27)25(4)5/h6-11,16,26H,1-5H3,(H,21,23)(H,22,24)/t16-,30?/m1/s1. The number of aryl methyl sites for hydroxylation is 1. The molecule has 30 heavy (non-hydrogen) atoms. The number of phenolic OH excluding ortho intramolecular Hbond substituents is 1. The van der Waals surface area contributed by atoms with E-state index in [0.29, 0.717) is 5.84 Å². The van der Waals surface area contributed by atoms with Gasteiger partial charge in [-0.15, -0.1) is 20.1 Å². The lowest BCUT2D eigenvalue weighted by atomic mass is 10.0. The van der Waals surface area contributed by atoms with Crippen LogP contribution in [0.25, 0.3) is 0 Å². The monoisotopic (exact) mass is 447 g/mol. The van der Waals surface area contributed by atoms with Crippen LogP contribution in [0.3, 0.4) is 0 Å². The maximum atomic E-state index is 12.3. The Bertz CT molecular complexity index is 1040. The van der Waals surface area contributed by atoms with Crippen molar-refractivity contribution in [3.05, 3.63) is 45.6 Å². The Labute approximate surface area is 182 Å². The molecule has 0 bridgehead atoms. The molecule has 2 atom stereocenters. The first-order valence-electron chi connectivity index (χ1n) is 9.40. The molecule has 8 nitrogen and oxygen atoms in total. The Balaban J connectivity index is 1.86. The van der Waals surface area contributed by atoms with Crippen molar-refractivity contribution in [3.8, 4) is 5.75 Å². The smallest absolute Gasteiger partial charge is 0.269 e. The number of aromatic hydroxyl groups is 1. The number of carbonyl (C=O) groups excluding carboxylic acids is 1. The Morgan fingerprint density at radius 2 is 1.87 bits per heavy atom. The number of rotatable bonds is 5. The van der Waals surface area contributed by atoms with E-state index in [1.165, 1.54) is 9.78 Å². The normalized spacial score (nSPS) is 16.8. The van der Waals surface area contributed by atoms with Crippen LogP contribution in [0.1, 0.15) is 40.0 Å². The van der Waals surface area contributed by atoms with E-state index in [4.69, 9.17) is 0 Å². The average Bonchev–Trinajstić information content (AvgIpc) is 3.25. The van der Waals surface area contributed by atoms with Crippen molar-refractivity contribution >= 4 is 45.8 Å². The topological polar surface area (TPSA) is 106 Å². The Kier molecular flexibility index (Phi) is 6.57. The van der Waals surface area contributed by atoms with Crippen LogP contribution >= 0.6 is 11.3 Å². The van der Waals surface area contributed by atoms with Crippen LogP contribution in [0.2, 0.25) is 0 Å². The molecule has 0 saturated heterocycles. The summed E-state index contributed by atoms with van der Waals surface area (Å²) in [4.78, 5) is 16.0. The van der Waals surface area contributed by atoms with Gasteiger partial charge in [0, 0.05) is 23.8 Å². The van der Waals surface area contributed by atoms with Gasteiger partial charge in [0.15, 0.2) is 17.4 Å². The molecule has 0 radical (unpaired) electrons. The van der Waals surface area contributed by atoms with Gasteiger partial charge in [-0.2, -0.15) is 0 Å². The van der Waals surface area contributed by atoms with Crippen molar-refractivity contribution in [1.82, 2.24) is 10.2 Å². The zero-order chi connectivity index (χ0) is 22.0. The molecule has 0 fully saturated rings. The van der Waals surface area contributed by atoms with E-state index in [1.54, 1.807) is 43.6 Å². The number of phenols is 1. The number of amidine groups is 2. The maximum Gasteiger partial charge on any atom is 0.269 e. The number of anilines is 1. The van der Waals surface area contributed by atoms with Crippen LogP contribution in [0, 0.1) is 12.8 Å². The number of thiophene rings is 1. The largest absolute Gasteiger partial charge is 0.505 e. The molecular weight excluding hydrogens is 422 g/mol. The molecule has 1 amide bonds. The summed E-state index contributed by atoms with van der Waals surface area (Å²) in [6.07, 6.45) is 0. The summed E-state index contributed by atoms with van der Waals surface area (Å²) in [5, 5.41) is 16.9. The van der Waals surface area contributed by atoms with Crippen molar-refractivity contribution in [2.75, 3.05) is 19.4 Å². The maximum absolute atomic E-state index is 12.3. The van der Waals surface area contributed by atoms with Crippen LogP contribution in [-0.4, -0.2) is 45.9 Å². The third kappa shape index (κ3) is 4.71. The second-order valence-electron chi connectivity index (χ2n) is 7.45. The Hall–Kier alpha value is -2.72. The van der Waals surface area contributed by atoms with Gasteiger partial charge in [0.2, 0.25) is 0 Å². The van der Waals surface area contributed by atoms with Gasteiger partial charge >= 0.3 is 0 Å². The molecule has 2 aromatic rings. The minimum atomic E-state index is -1.77. The van der Waals surface area contributed by atoms with Crippen molar-refractivity contribution in [2.45, 2.75) is 26.8 Å². The second kappa shape index (κ2) is 8.97. The van der Waals surface area contributed by atoms with E-state index in [0.717, 1.165) is 4.88 Å². The van der Waals surface area contributed by atoms with E-state index in [9.17, 15) is 14.1 Å². The fraction of sp³-hybridized carbons (Fsp3) is 0.350. The number of hydrogen-bond acceptors (Lipinski definition) is 6. The molecule has 3 rings (SSSR count). The van der Waals surface area contributed by atoms with Crippen LogP contribution < -0.4 is 10.6 Å². The fourth-order valence-corrected chi connectivity index (χ4v) is 4.69. The van der Waals surface area contributed by atoms with Crippen LogP contribution in [0.15, 0.2) is 39.1 Å². The van der Waals surface area contributed by atoms with Gasteiger partial charge in [0.25, 0.3) is 17.1 Å². The molecule has 1 aliphatic rings. The predicted octanol–water partition coefficient (Wildman–Crippen LogP) is 3.25. The van der Waals surface area contributed by atoms with E-state index >= 15 is 0 Å². The number of hydrogen-bond donors (Lipinski definition) is 3. The summed E-state index contributed by atoms with van der Waals surface area (Å²) in [5.41, 5.74) is 0.438. The molecule has 0 aliphatic carbocycles. The zero-order valence-electron chi connectivity index (χ0n) is 17.5. The molecule has 1 aromatic heterocycles. The van der Waals surface area contributed by atoms with Gasteiger partial charge in [-0.05, 0) is 37.1 Å². The SMILES string of the molecule is Cc1ccc([C@H](NC2=NS(=O)N=C2Nc2cccc(C(=O)N(C)C)c2O)C(C)C)s1. The van der Waals surface area contributed by atoms with Gasteiger partial charge in [0.05, 0.1) is 17.3 Å². The summed E-state index contributed by atoms with van der Waals surface area (Å²) in [5.74, 6) is 0.313. The number of benzene rings is 1. The van der Waals surface area contributed by atoms with Crippen LogP contribution in [0.5, 0.6) is 5.75 Å². The summed E-state index contributed by atoms with van der Waals surface area (Å²) in [6, 6.07) is 8.89. The minimum absolute atomic E-state index is 0.0419. The highest BCUT2D eigenvalue weighted by Crippen LogP contribution is 2.30. The van der Waals surface area contributed by atoms with Gasteiger partial charge in [-0.25, -0.2) is 4.21 Å². The lowest BCUT2D eigenvalue weighted by Gasteiger charge is -2.23. The molecule has 10 heteroatoms. The number of carbonyl (C=O) groups is 1. The second-order valence-corrected chi connectivity index (χ2v) is 9.60. The highest BCUT2D eigenvalue weighted by molar-refractivity contribution is 7.83. The third-order valence-corrected chi connectivity index (χ3v) is 6.28. The van der Waals surface area contributed by atoms with Crippen molar-refractivity contribution in [1.29, 1.82) is 0 Å². The van der Waals surface area contributed by atoms with Gasteiger partial charge < -0.3 is 20.6 Å². The number of nitrogens with zero attached hydrogens (tertiary/aromatic N) is 3. The van der Waals surface area contributed by atoms with E-state index in [2.05, 4.69) is 45.4 Å². The molecule has 1 aromatic carbocycles. The Morgan fingerprint density at radius 1 is 1.17 bits per heavy atom. The average molecular weight is 448 g/mol. The number of para-hydroxylation sites is 1. The van der Waals surface area contributed by atoms with E-state index in [1.807, 2.05) is 6.92 Å². The van der Waals surface area contributed by atoms with Crippen molar-refractivity contribution in [2.24, 2.45) is 14.7 Å². The first kappa shape index (κ1) is 22.0. The molecular formula is C20H25N5O3S2. The molecule has 0 saturated carbocycles. The fourth-order valence-electron chi connectivity index (χ4n) is 2.96. The highest BCUT2D eigenvalue weighted by Gasteiger charge is 2.27. The highest BCUT2D eigenvalue weighted by atomic mass is 32.2. The first-order chi connectivity index (χ1) is 14.2. The van der Waals surface area contributed by atoms with E-state index < -0.39 is 11.2 Å². The quantitative estimate of drug-likeness (QED) is 0.610. The lowest BCUT2D eigenvalue weighted by molar-refractivity contribution is 0.0824. The molecule has 1 unspecified atom stereocenters. The minimum Gasteiger partial charge on any atom is -0.505 e. The summed E-state index contributed by atoms with van der Waals surface area (Å²) in [7, 11) is 3.22. The van der Waals surface area contributed by atoms with Crippen LogP contribution in [-0.2, 0) is 11.2 Å². The number of amides is 1. The molecule has 160 valence electrons. The first-order valence-corrected chi connectivity index (χ1v) is 11.3. The number of nitrogens with one attached hydrogen (secondary N) is 2. The molecule has 1 aliphatic heterocycles. The summed E-state index contributed by atoms with van der Waals surface area (Å²) in [6.45, 7) is 6.23. The molecule has 3 N–H and O–H groups in total. The predicted molar refractivity (Wildman–Crippen MR) is 123 cm³/mol. The Morgan fingerprint density at radius 3 is 2.47 bits per heavy atom. The van der Waals surface area contributed by atoms with E-state index in [-0.39, 0.29) is 40.7 Å². The van der Waals surface area contributed by atoms with Gasteiger partial charge in [-0.1, -0.05) is 19.9 Å². The third-order valence-electron chi connectivity index (χ3n) is 4.52. The summed E-state index contributed by atoms with van der Waals surface area (Å²) < 4.78 is 20.2. The summed E-state index contributed by atoms with van der Waals surface area (Å²) >= 11 is -0.0800. The van der Waals surface area contributed by atoms with Crippen molar-refractivity contribution < 1.29 is 14.1 Å². The van der Waals surface area contributed by atoms with Crippen LogP contribution in [0.4, 0.5) is 5.69 Å². The molecule has 2 heterocycles.